The first kappa shape index (κ1) is 16.5. The highest BCUT2D eigenvalue weighted by atomic mass is 32.2. The number of rotatable bonds is 5. The van der Waals surface area contributed by atoms with Crippen LogP contribution in [0.2, 0.25) is 0 Å². The molecule has 1 aliphatic rings. The highest BCUT2D eigenvalue weighted by Gasteiger charge is 2.25. The number of anilines is 2. The molecule has 0 unspecified atom stereocenters. The molecule has 4 nitrogen and oxygen atoms in total. The molecule has 0 atom stereocenters. The topological polar surface area (TPSA) is 58.4 Å². The van der Waals surface area contributed by atoms with E-state index in [1.807, 2.05) is 13.2 Å². The van der Waals surface area contributed by atoms with Crippen molar-refractivity contribution in [1.29, 1.82) is 0 Å². The van der Waals surface area contributed by atoms with E-state index in [-0.39, 0.29) is 5.91 Å². The largest absolute Gasteiger partial charge is 0.396 e. The van der Waals surface area contributed by atoms with Crippen molar-refractivity contribution in [1.82, 2.24) is 5.32 Å². The van der Waals surface area contributed by atoms with Gasteiger partial charge in [0, 0.05) is 19.6 Å². The maximum absolute atomic E-state index is 12.2. The Labute approximate surface area is 135 Å². The number of nitrogens with two attached hydrogens (primary N) is 1. The fraction of sp³-hybridized carbons (Fsp3) is 0.667. The zero-order chi connectivity index (χ0) is 15.4. The van der Waals surface area contributed by atoms with Crippen LogP contribution in [0.4, 0.5) is 10.7 Å². The van der Waals surface area contributed by atoms with Gasteiger partial charge in [-0.25, -0.2) is 0 Å². The SMILES string of the molecule is CCCNC(=O)c1sc(N2CCC(C)CC2)c(SC)c1N. The third-order valence-electron chi connectivity index (χ3n) is 3.90. The summed E-state index contributed by atoms with van der Waals surface area (Å²) in [6, 6.07) is 0. The maximum atomic E-state index is 12.2. The lowest BCUT2D eigenvalue weighted by atomic mass is 9.99. The van der Waals surface area contributed by atoms with E-state index in [4.69, 9.17) is 5.73 Å². The third kappa shape index (κ3) is 3.66. The number of nitrogens with one attached hydrogen (secondary N) is 1. The predicted octanol–water partition coefficient (Wildman–Crippen LogP) is 3.43. The van der Waals surface area contributed by atoms with Crippen LogP contribution in [-0.4, -0.2) is 31.8 Å². The lowest BCUT2D eigenvalue weighted by molar-refractivity contribution is 0.0958. The van der Waals surface area contributed by atoms with Gasteiger partial charge in [-0.15, -0.1) is 23.1 Å². The second kappa shape index (κ2) is 7.40. The molecule has 1 aromatic rings. The molecule has 6 heteroatoms. The average Bonchev–Trinajstić information content (AvgIpc) is 2.82. The molecular weight excluding hydrogens is 302 g/mol. The van der Waals surface area contributed by atoms with Crippen LogP contribution in [-0.2, 0) is 0 Å². The maximum Gasteiger partial charge on any atom is 0.263 e. The minimum atomic E-state index is -0.0359. The summed E-state index contributed by atoms with van der Waals surface area (Å²) in [5.41, 5.74) is 6.87. The summed E-state index contributed by atoms with van der Waals surface area (Å²) in [6.07, 6.45) is 5.39. The Kier molecular flexibility index (Phi) is 5.81. The van der Waals surface area contributed by atoms with Crippen molar-refractivity contribution in [2.45, 2.75) is 38.0 Å². The highest BCUT2D eigenvalue weighted by Crippen LogP contribution is 2.44. The lowest BCUT2D eigenvalue weighted by Gasteiger charge is -2.31. The van der Waals surface area contributed by atoms with E-state index in [1.165, 1.54) is 17.8 Å². The zero-order valence-corrected chi connectivity index (χ0v) is 14.7. The fourth-order valence-corrected chi connectivity index (χ4v) is 4.67. The van der Waals surface area contributed by atoms with E-state index in [0.717, 1.165) is 30.3 Å². The van der Waals surface area contributed by atoms with Gasteiger partial charge in [0.15, 0.2) is 0 Å². The van der Waals surface area contributed by atoms with Crippen LogP contribution in [0.15, 0.2) is 4.90 Å². The summed E-state index contributed by atoms with van der Waals surface area (Å²) >= 11 is 3.19. The molecule has 118 valence electrons. The van der Waals surface area contributed by atoms with Crippen LogP contribution < -0.4 is 16.0 Å². The molecule has 21 heavy (non-hydrogen) atoms. The molecule has 0 radical (unpaired) electrons. The van der Waals surface area contributed by atoms with Gasteiger partial charge < -0.3 is 16.0 Å². The number of carbonyl (C=O) groups is 1. The molecule has 0 aliphatic carbocycles. The minimum absolute atomic E-state index is 0.0359. The normalized spacial score (nSPS) is 16.2. The standard InChI is InChI=1S/C15H25N3OS2/c1-4-7-17-14(19)12-11(16)13(20-3)15(21-12)18-8-5-10(2)6-9-18/h10H,4-9,16H2,1-3H3,(H,17,19). The number of nitrogens with zero attached hydrogens (tertiary/aromatic N) is 1. The molecule has 0 saturated carbocycles. The van der Waals surface area contributed by atoms with Crippen LogP contribution in [0, 0.1) is 5.92 Å². The summed E-state index contributed by atoms with van der Waals surface area (Å²) in [7, 11) is 0. The number of hydrogen-bond acceptors (Lipinski definition) is 5. The number of carbonyl (C=O) groups excluding carboxylic acids is 1. The molecular formula is C15H25N3OS2. The smallest absolute Gasteiger partial charge is 0.263 e. The molecule has 0 bridgehead atoms. The molecule has 2 rings (SSSR count). The van der Waals surface area contributed by atoms with E-state index in [1.54, 1.807) is 23.1 Å². The van der Waals surface area contributed by atoms with Crippen LogP contribution >= 0.6 is 23.1 Å². The van der Waals surface area contributed by atoms with Crippen molar-refractivity contribution in [2.24, 2.45) is 5.92 Å². The van der Waals surface area contributed by atoms with Crippen molar-refractivity contribution in [3.63, 3.8) is 0 Å². The number of thioether (sulfide) groups is 1. The first-order valence-corrected chi connectivity index (χ1v) is 9.62. The molecule has 1 aliphatic heterocycles. The van der Waals surface area contributed by atoms with Gasteiger partial charge in [-0.05, 0) is 31.4 Å². The van der Waals surface area contributed by atoms with E-state index < -0.39 is 0 Å². The highest BCUT2D eigenvalue weighted by molar-refractivity contribution is 7.99. The lowest BCUT2D eigenvalue weighted by Crippen LogP contribution is -2.32. The number of amides is 1. The van der Waals surface area contributed by atoms with Gasteiger partial charge in [0.25, 0.3) is 5.91 Å². The Morgan fingerprint density at radius 3 is 2.71 bits per heavy atom. The molecule has 1 aromatic heterocycles. The quantitative estimate of drug-likeness (QED) is 0.814. The summed E-state index contributed by atoms with van der Waals surface area (Å²) in [6.45, 7) is 7.17. The summed E-state index contributed by atoms with van der Waals surface area (Å²) in [5, 5.41) is 4.10. The van der Waals surface area contributed by atoms with Gasteiger partial charge >= 0.3 is 0 Å². The molecule has 1 saturated heterocycles. The van der Waals surface area contributed by atoms with E-state index in [9.17, 15) is 4.79 Å². The number of hydrogen-bond donors (Lipinski definition) is 2. The molecule has 0 spiro atoms. The van der Waals surface area contributed by atoms with Crippen LogP contribution in [0.25, 0.3) is 0 Å². The van der Waals surface area contributed by atoms with Crippen molar-refractivity contribution in [3.8, 4) is 0 Å². The first-order chi connectivity index (χ1) is 10.1. The molecule has 1 fully saturated rings. The Morgan fingerprint density at radius 2 is 2.14 bits per heavy atom. The Morgan fingerprint density at radius 1 is 1.48 bits per heavy atom. The van der Waals surface area contributed by atoms with Crippen molar-refractivity contribution < 1.29 is 4.79 Å². The minimum Gasteiger partial charge on any atom is -0.396 e. The molecule has 2 heterocycles. The molecule has 0 aromatic carbocycles. The van der Waals surface area contributed by atoms with Gasteiger partial charge in [-0.1, -0.05) is 13.8 Å². The fourth-order valence-electron chi connectivity index (χ4n) is 2.52. The summed E-state index contributed by atoms with van der Waals surface area (Å²) in [4.78, 5) is 16.4. The summed E-state index contributed by atoms with van der Waals surface area (Å²) < 4.78 is 0. The van der Waals surface area contributed by atoms with E-state index >= 15 is 0 Å². The Hall–Kier alpha value is -0.880. The third-order valence-corrected chi connectivity index (χ3v) is 6.11. The number of thiophene rings is 1. The van der Waals surface area contributed by atoms with E-state index in [2.05, 4.69) is 17.1 Å². The van der Waals surface area contributed by atoms with Gasteiger partial charge in [0.2, 0.25) is 0 Å². The number of piperidine rings is 1. The Bertz CT molecular complexity index is 493. The van der Waals surface area contributed by atoms with Crippen molar-refractivity contribution in [2.75, 3.05) is 36.5 Å². The van der Waals surface area contributed by atoms with Crippen LogP contribution in [0.1, 0.15) is 42.8 Å². The van der Waals surface area contributed by atoms with Crippen molar-refractivity contribution >= 4 is 39.7 Å². The second-order valence-electron chi connectivity index (χ2n) is 5.61. The van der Waals surface area contributed by atoms with Gasteiger partial charge in [-0.2, -0.15) is 0 Å². The van der Waals surface area contributed by atoms with Crippen LogP contribution in [0.3, 0.4) is 0 Å². The monoisotopic (exact) mass is 327 g/mol. The predicted molar refractivity (Wildman–Crippen MR) is 93.7 cm³/mol. The van der Waals surface area contributed by atoms with Gasteiger partial charge in [0.1, 0.15) is 9.88 Å². The second-order valence-corrected chi connectivity index (χ2v) is 7.42. The Balaban J connectivity index is 2.23. The summed E-state index contributed by atoms with van der Waals surface area (Å²) in [5.74, 6) is 0.759. The van der Waals surface area contributed by atoms with Gasteiger partial charge in [-0.3, -0.25) is 4.79 Å². The first-order valence-electron chi connectivity index (χ1n) is 7.57. The zero-order valence-electron chi connectivity index (χ0n) is 13.1. The van der Waals surface area contributed by atoms with Crippen LogP contribution in [0.5, 0.6) is 0 Å². The average molecular weight is 328 g/mol. The van der Waals surface area contributed by atoms with Crippen molar-refractivity contribution in [3.05, 3.63) is 4.88 Å². The van der Waals surface area contributed by atoms with Gasteiger partial charge in [0.05, 0.1) is 10.6 Å². The number of nitrogen functional groups attached to an aromatic ring is 1. The molecule has 1 amide bonds. The van der Waals surface area contributed by atoms with E-state index in [0.29, 0.717) is 17.1 Å². The molecule has 3 N–H and O–H groups in total.